The second-order valence-corrected chi connectivity index (χ2v) is 28.9. The van der Waals surface area contributed by atoms with Gasteiger partial charge >= 0.3 is 6.85 Å². The maximum Gasteiger partial charge on any atom is 0.333 e. The third kappa shape index (κ3) is 8.63. The highest BCUT2D eigenvalue weighted by Crippen LogP contribution is 2.55. The molecule has 13 aromatic rings. The number of nitrogens with zero attached hydrogens (tertiary/aromatic N) is 3. The molecule has 15 rings (SSSR count). The Morgan fingerprint density at radius 3 is 1.68 bits per heavy atom. The van der Waals surface area contributed by atoms with E-state index >= 15 is 0 Å². The molecule has 5 heterocycles. The lowest BCUT2D eigenvalue weighted by Crippen LogP contribution is -2.61. The van der Waals surface area contributed by atoms with E-state index in [4.69, 9.17) is 8.83 Å². The number of hydrogen-bond donors (Lipinski definition) is 0. The zero-order chi connectivity index (χ0) is 58.6. The van der Waals surface area contributed by atoms with Gasteiger partial charge in [-0.3, -0.25) is 0 Å². The van der Waals surface area contributed by atoms with Gasteiger partial charge in [-0.15, -0.1) is 11.3 Å². The molecule has 0 saturated carbocycles. The number of para-hydroxylation sites is 1. The van der Waals surface area contributed by atoms with E-state index in [0.717, 1.165) is 95.0 Å². The van der Waals surface area contributed by atoms with Crippen molar-refractivity contribution >= 4 is 128 Å². The molecule has 7 heteroatoms. The molecule has 3 aromatic heterocycles. The van der Waals surface area contributed by atoms with Crippen LogP contribution in [0.5, 0.6) is 0 Å². The Bertz CT molecular complexity index is 4750. The van der Waals surface area contributed by atoms with Crippen molar-refractivity contribution in [3.63, 3.8) is 0 Å². The molecule has 0 aliphatic carbocycles. The van der Waals surface area contributed by atoms with Crippen molar-refractivity contribution < 1.29 is 8.83 Å². The van der Waals surface area contributed by atoms with E-state index in [-0.39, 0.29) is 28.5 Å². The summed E-state index contributed by atoms with van der Waals surface area (Å²) in [6.45, 7) is 27.2. The predicted molar refractivity (Wildman–Crippen MR) is 365 cm³/mol. The molecule has 85 heavy (non-hydrogen) atoms. The third-order valence-corrected chi connectivity index (χ3v) is 19.3. The Hall–Kier alpha value is -8.78. The first kappa shape index (κ1) is 53.0. The van der Waals surface area contributed by atoms with E-state index in [9.17, 15) is 0 Å². The van der Waals surface area contributed by atoms with Gasteiger partial charge in [0.25, 0.3) is 0 Å². The van der Waals surface area contributed by atoms with Gasteiger partial charge in [0.15, 0.2) is 0 Å². The van der Waals surface area contributed by atoms with Crippen LogP contribution in [0.1, 0.15) is 105 Å². The summed E-state index contributed by atoms with van der Waals surface area (Å²) >= 11 is 1.87. The van der Waals surface area contributed by atoms with Gasteiger partial charge < -0.3 is 23.4 Å². The Labute approximate surface area is 503 Å². The second-order valence-electron chi connectivity index (χ2n) is 27.9. The van der Waals surface area contributed by atoms with Crippen molar-refractivity contribution in [2.45, 2.75) is 105 Å². The Morgan fingerprint density at radius 1 is 0.424 bits per heavy atom. The van der Waals surface area contributed by atoms with Crippen molar-refractivity contribution in [2.75, 3.05) is 14.6 Å². The minimum atomic E-state index is -0.285. The van der Waals surface area contributed by atoms with Crippen LogP contribution >= 0.6 is 11.3 Å². The zero-order valence-electron chi connectivity index (χ0n) is 50.8. The number of anilines is 8. The molecule has 0 saturated heterocycles. The summed E-state index contributed by atoms with van der Waals surface area (Å²) in [5, 5.41) is 5.67. The van der Waals surface area contributed by atoms with E-state index in [1.807, 2.05) is 17.6 Å². The Balaban J connectivity index is 1.04. The van der Waals surface area contributed by atoms with Crippen LogP contribution in [0.2, 0.25) is 0 Å². The van der Waals surface area contributed by atoms with E-state index in [1.165, 1.54) is 59.0 Å². The summed E-state index contributed by atoms with van der Waals surface area (Å²) in [7, 11) is 0. The SMILES string of the molecule is CC(C)(C)c1ccc(N2B3c4cc5occc5cc4N(c4ccc(C(C)(C)C)cc4-c4ccccc4)c4cc5c(oc6ccccc65)c(c43)-c3cc4c(cc32)sc2ccc(N(c3ccc(C(C)(C)C)cc3)c3ccc(C(C)(C)C)cc3)cc24)cc1. The van der Waals surface area contributed by atoms with Crippen LogP contribution in [-0.2, 0) is 21.7 Å². The first-order chi connectivity index (χ1) is 40.7. The fourth-order valence-electron chi connectivity index (χ4n) is 13.4. The van der Waals surface area contributed by atoms with Gasteiger partial charge in [-0.1, -0.05) is 174 Å². The summed E-state index contributed by atoms with van der Waals surface area (Å²) < 4.78 is 16.2. The number of benzene rings is 10. The molecule has 418 valence electrons. The van der Waals surface area contributed by atoms with Crippen LogP contribution in [0, 0.1) is 0 Å². The first-order valence-corrected chi connectivity index (χ1v) is 30.9. The lowest BCUT2D eigenvalue weighted by Gasteiger charge is -2.46. The molecule has 2 aliphatic heterocycles. The van der Waals surface area contributed by atoms with Crippen LogP contribution in [0.25, 0.3) is 75.3 Å². The number of fused-ring (bicyclic) bond motifs is 12. The average Bonchev–Trinajstić information content (AvgIpc) is 1.68. The van der Waals surface area contributed by atoms with Gasteiger partial charge in [0.2, 0.25) is 0 Å². The van der Waals surface area contributed by atoms with Gasteiger partial charge in [0, 0.05) is 92.8 Å². The highest BCUT2D eigenvalue weighted by Gasteiger charge is 2.48. The van der Waals surface area contributed by atoms with Crippen LogP contribution in [0.4, 0.5) is 45.5 Å². The standard InChI is InChI=1S/C78H70BN3O2S/c1-75(2,3)49-22-29-53(30-23-49)80(54-31-24-50(25-32-54)76(4,5)6)56-35-37-70-59(42-56)60-43-62-65(46-71(60)85-70)82(55-33-26-51(27-34-55)77(7,8)9)79-63-45-69-48(38-39-83-69)40-66(63)81(64-36-28-52(78(10,11)12)41-58(64)47-18-14-13-15-19-47)67-44-61-57-20-16-17-21-68(57)84-74(61)72(62)73(67)79/h13-46H,1-12H3. The van der Waals surface area contributed by atoms with Crippen molar-refractivity contribution in [2.24, 2.45) is 0 Å². The molecule has 10 aromatic carbocycles. The number of furan rings is 2. The van der Waals surface area contributed by atoms with Crippen LogP contribution < -0.4 is 25.5 Å². The van der Waals surface area contributed by atoms with Gasteiger partial charge in [0.05, 0.1) is 12.0 Å². The summed E-state index contributed by atoms with van der Waals surface area (Å²) in [5.41, 5.74) is 23.6. The van der Waals surface area contributed by atoms with Crippen molar-refractivity contribution in [1.29, 1.82) is 0 Å². The van der Waals surface area contributed by atoms with E-state index in [1.54, 1.807) is 0 Å². The largest absolute Gasteiger partial charge is 0.464 e. The van der Waals surface area contributed by atoms with Crippen molar-refractivity contribution in [3.05, 3.63) is 229 Å². The minimum absolute atomic E-state index is 0.0269. The summed E-state index contributed by atoms with van der Waals surface area (Å²) in [4.78, 5) is 7.63. The highest BCUT2D eigenvalue weighted by atomic mass is 32.1. The molecule has 0 N–H and O–H groups in total. The topological polar surface area (TPSA) is 36.0 Å². The summed E-state index contributed by atoms with van der Waals surface area (Å²) in [5.74, 6) is 0. The Morgan fingerprint density at radius 2 is 1.02 bits per heavy atom. The summed E-state index contributed by atoms with van der Waals surface area (Å²) in [6, 6.07) is 75.7. The fourth-order valence-corrected chi connectivity index (χ4v) is 14.5. The van der Waals surface area contributed by atoms with Gasteiger partial charge in [-0.25, -0.2) is 0 Å². The van der Waals surface area contributed by atoms with Crippen molar-refractivity contribution in [1.82, 2.24) is 0 Å². The summed E-state index contributed by atoms with van der Waals surface area (Å²) in [6.07, 6.45) is 1.83. The molecule has 0 bridgehead atoms. The molecule has 0 atom stereocenters. The number of rotatable bonds is 6. The minimum Gasteiger partial charge on any atom is -0.464 e. The number of thiophene rings is 1. The first-order valence-electron chi connectivity index (χ1n) is 30.1. The lowest BCUT2D eigenvalue weighted by molar-refractivity contribution is 0.590. The number of hydrogen-bond acceptors (Lipinski definition) is 6. The maximum absolute atomic E-state index is 7.34. The van der Waals surface area contributed by atoms with Crippen LogP contribution in [0.3, 0.4) is 0 Å². The second kappa shape index (κ2) is 18.9. The van der Waals surface area contributed by atoms with E-state index < -0.39 is 0 Å². The van der Waals surface area contributed by atoms with Gasteiger partial charge in [0.1, 0.15) is 16.7 Å². The zero-order valence-corrected chi connectivity index (χ0v) is 51.6. The molecule has 0 amide bonds. The quantitative estimate of drug-likeness (QED) is 0.155. The monoisotopic (exact) mass is 1120 g/mol. The van der Waals surface area contributed by atoms with E-state index in [2.05, 4.69) is 298 Å². The molecule has 0 unspecified atom stereocenters. The predicted octanol–water partition coefficient (Wildman–Crippen LogP) is 21.7. The molecule has 2 aliphatic rings. The van der Waals surface area contributed by atoms with E-state index in [0.29, 0.717) is 0 Å². The molecular weight excluding hydrogens is 1050 g/mol. The maximum atomic E-state index is 7.34. The normalized spacial score (nSPS) is 13.6. The molecule has 0 spiro atoms. The Kier molecular flexibility index (Phi) is 11.8. The smallest absolute Gasteiger partial charge is 0.333 e. The van der Waals surface area contributed by atoms with Crippen LogP contribution in [0.15, 0.2) is 215 Å². The fraction of sp³-hybridized carbons (Fsp3) is 0.205. The molecule has 0 radical (unpaired) electrons. The molecule has 0 fully saturated rings. The molecular formula is C78H70BN3O2S. The average molecular weight is 1120 g/mol. The lowest BCUT2D eigenvalue weighted by atomic mass is 9.43. The molecule has 5 nitrogen and oxygen atoms in total. The van der Waals surface area contributed by atoms with Crippen molar-refractivity contribution in [3.8, 4) is 22.3 Å². The van der Waals surface area contributed by atoms with Gasteiger partial charge in [-0.2, -0.15) is 0 Å². The highest BCUT2D eigenvalue weighted by molar-refractivity contribution is 7.25. The third-order valence-electron chi connectivity index (χ3n) is 18.1. The van der Waals surface area contributed by atoms with Gasteiger partial charge in [-0.05, 0) is 170 Å². The van der Waals surface area contributed by atoms with Crippen LogP contribution in [-0.4, -0.2) is 6.85 Å².